The lowest BCUT2D eigenvalue weighted by Crippen LogP contribution is -2.36. The summed E-state index contributed by atoms with van der Waals surface area (Å²) in [5, 5.41) is 12.7. The Morgan fingerprint density at radius 2 is 2.11 bits per heavy atom. The van der Waals surface area contributed by atoms with E-state index in [0.29, 0.717) is 19.5 Å². The first-order valence-corrected chi connectivity index (χ1v) is 6.51. The van der Waals surface area contributed by atoms with E-state index in [1.807, 2.05) is 31.2 Å². The summed E-state index contributed by atoms with van der Waals surface area (Å²) >= 11 is 0. The lowest BCUT2D eigenvalue weighted by atomic mass is 10.1. The summed E-state index contributed by atoms with van der Waals surface area (Å²) in [7, 11) is 0. The maximum Gasteiger partial charge on any atom is 0.321 e. The Bertz CT molecular complexity index is 454. The molecule has 2 unspecified atom stereocenters. The SMILES string of the molecule is CC(N)c1ccc(NC(=O)N2CCC(C)(O)C2)cc1. The predicted molar refractivity (Wildman–Crippen MR) is 74.9 cm³/mol. The molecule has 1 saturated heterocycles. The molecule has 5 nitrogen and oxygen atoms in total. The molecule has 2 atom stereocenters. The van der Waals surface area contributed by atoms with Crippen LogP contribution in [0.2, 0.25) is 0 Å². The summed E-state index contributed by atoms with van der Waals surface area (Å²) in [4.78, 5) is 13.6. The molecule has 5 heteroatoms. The van der Waals surface area contributed by atoms with Crippen LogP contribution in [0.5, 0.6) is 0 Å². The van der Waals surface area contributed by atoms with Gasteiger partial charge in [-0.3, -0.25) is 0 Å². The van der Waals surface area contributed by atoms with E-state index in [0.717, 1.165) is 11.3 Å². The van der Waals surface area contributed by atoms with E-state index in [9.17, 15) is 9.90 Å². The Hall–Kier alpha value is -1.59. The minimum Gasteiger partial charge on any atom is -0.388 e. The fourth-order valence-electron chi connectivity index (χ4n) is 2.19. The predicted octanol–water partition coefficient (Wildman–Crippen LogP) is 1.69. The van der Waals surface area contributed by atoms with E-state index in [2.05, 4.69) is 5.32 Å². The van der Waals surface area contributed by atoms with E-state index < -0.39 is 5.60 Å². The summed E-state index contributed by atoms with van der Waals surface area (Å²) in [6.07, 6.45) is 0.615. The number of amides is 2. The highest BCUT2D eigenvalue weighted by Crippen LogP contribution is 2.21. The second kappa shape index (κ2) is 5.19. The van der Waals surface area contributed by atoms with Crippen LogP contribution in [-0.4, -0.2) is 34.7 Å². The Kier molecular flexibility index (Phi) is 3.78. The average Bonchev–Trinajstić information content (AvgIpc) is 2.70. The van der Waals surface area contributed by atoms with Crippen LogP contribution >= 0.6 is 0 Å². The summed E-state index contributed by atoms with van der Waals surface area (Å²) in [5.41, 5.74) is 6.77. The van der Waals surface area contributed by atoms with E-state index in [1.165, 1.54) is 0 Å². The van der Waals surface area contributed by atoms with Gasteiger partial charge in [0.25, 0.3) is 0 Å². The molecule has 1 aliphatic heterocycles. The molecule has 0 spiro atoms. The van der Waals surface area contributed by atoms with Crippen molar-refractivity contribution in [2.75, 3.05) is 18.4 Å². The standard InChI is InChI=1S/C14H21N3O2/c1-10(15)11-3-5-12(6-4-11)16-13(18)17-8-7-14(2,19)9-17/h3-6,10,19H,7-9,15H2,1-2H3,(H,16,18). The van der Waals surface area contributed by atoms with Crippen LogP contribution in [0.15, 0.2) is 24.3 Å². The van der Waals surface area contributed by atoms with Gasteiger partial charge >= 0.3 is 6.03 Å². The molecule has 0 saturated carbocycles. The van der Waals surface area contributed by atoms with Gasteiger partial charge in [-0.15, -0.1) is 0 Å². The van der Waals surface area contributed by atoms with Crippen LogP contribution in [-0.2, 0) is 0 Å². The number of urea groups is 1. The monoisotopic (exact) mass is 263 g/mol. The molecule has 2 rings (SSSR count). The summed E-state index contributed by atoms with van der Waals surface area (Å²) in [6, 6.07) is 7.29. The van der Waals surface area contributed by atoms with Gasteiger partial charge in [-0.2, -0.15) is 0 Å². The summed E-state index contributed by atoms with van der Waals surface area (Å²) in [5.74, 6) is 0. The number of rotatable bonds is 2. The minimum absolute atomic E-state index is 0.0153. The second-order valence-corrected chi connectivity index (χ2v) is 5.51. The number of aliphatic hydroxyl groups is 1. The van der Waals surface area contributed by atoms with Crippen molar-refractivity contribution in [1.82, 2.24) is 4.90 Å². The lowest BCUT2D eigenvalue weighted by molar-refractivity contribution is 0.0727. The second-order valence-electron chi connectivity index (χ2n) is 5.51. The third-order valence-corrected chi connectivity index (χ3v) is 3.43. The van der Waals surface area contributed by atoms with Crippen LogP contribution in [0, 0.1) is 0 Å². The van der Waals surface area contributed by atoms with Crippen molar-refractivity contribution in [3.8, 4) is 0 Å². The number of nitrogens with zero attached hydrogens (tertiary/aromatic N) is 1. The first kappa shape index (κ1) is 13.8. The third kappa shape index (κ3) is 3.45. The minimum atomic E-state index is -0.768. The topological polar surface area (TPSA) is 78.6 Å². The van der Waals surface area contributed by atoms with Gasteiger partial charge in [0.1, 0.15) is 0 Å². The van der Waals surface area contributed by atoms with Gasteiger partial charge in [0, 0.05) is 18.3 Å². The number of hydrogen-bond donors (Lipinski definition) is 3. The maximum absolute atomic E-state index is 12.0. The van der Waals surface area contributed by atoms with Gasteiger partial charge in [0.2, 0.25) is 0 Å². The van der Waals surface area contributed by atoms with E-state index >= 15 is 0 Å². The highest BCUT2D eigenvalue weighted by molar-refractivity contribution is 5.89. The number of nitrogens with one attached hydrogen (secondary N) is 1. The molecule has 0 aromatic heterocycles. The Balaban J connectivity index is 1.96. The van der Waals surface area contributed by atoms with Crippen LogP contribution in [0.3, 0.4) is 0 Å². The third-order valence-electron chi connectivity index (χ3n) is 3.43. The molecular formula is C14H21N3O2. The molecule has 1 aromatic carbocycles. The van der Waals surface area contributed by atoms with Gasteiger partial charge < -0.3 is 21.1 Å². The number of anilines is 1. The number of likely N-dealkylation sites (tertiary alicyclic amines) is 1. The van der Waals surface area contributed by atoms with Crippen LogP contribution < -0.4 is 11.1 Å². The molecule has 104 valence electrons. The zero-order valence-corrected chi connectivity index (χ0v) is 11.4. The van der Waals surface area contributed by atoms with E-state index in [1.54, 1.807) is 11.8 Å². The normalized spacial score (nSPS) is 24.3. The first-order valence-electron chi connectivity index (χ1n) is 6.51. The van der Waals surface area contributed by atoms with Gasteiger partial charge in [-0.05, 0) is 38.0 Å². The molecule has 1 aliphatic rings. The Morgan fingerprint density at radius 3 is 2.58 bits per heavy atom. The smallest absolute Gasteiger partial charge is 0.321 e. The van der Waals surface area contributed by atoms with Crippen LogP contribution in [0.1, 0.15) is 31.9 Å². The Morgan fingerprint density at radius 1 is 1.47 bits per heavy atom. The van der Waals surface area contributed by atoms with Gasteiger partial charge in [0.15, 0.2) is 0 Å². The zero-order chi connectivity index (χ0) is 14.0. The molecular weight excluding hydrogens is 242 g/mol. The summed E-state index contributed by atoms with van der Waals surface area (Å²) in [6.45, 7) is 4.62. The van der Waals surface area contributed by atoms with Gasteiger partial charge in [-0.25, -0.2) is 4.79 Å². The van der Waals surface area contributed by atoms with E-state index in [4.69, 9.17) is 5.73 Å². The molecule has 0 aliphatic carbocycles. The molecule has 4 N–H and O–H groups in total. The van der Waals surface area contributed by atoms with Crippen LogP contribution in [0.4, 0.5) is 10.5 Å². The largest absolute Gasteiger partial charge is 0.388 e. The molecule has 1 heterocycles. The molecule has 19 heavy (non-hydrogen) atoms. The average molecular weight is 263 g/mol. The van der Waals surface area contributed by atoms with Crippen molar-refractivity contribution >= 4 is 11.7 Å². The van der Waals surface area contributed by atoms with Crippen LogP contribution in [0.25, 0.3) is 0 Å². The lowest BCUT2D eigenvalue weighted by Gasteiger charge is -2.19. The van der Waals surface area contributed by atoms with Crippen molar-refractivity contribution in [2.45, 2.75) is 31.9 Å². The molecule has 1 aromatic rings. The number of benzene rings is 1. The fraction of sp³-hybridized carbons (Fsp3) is 0.500. The van der Waals surface area contributed by atoms with Crippen molar-refractivity contribution in [1.29, 1.82) is 0 Å². The maximum atomic E-state index is 12.0. The summed E-state index contributed by atoms with van der Waals surface area (Å²) < 4.78 is 0. The quantitative estimate of drug-likeness (QED) is 0.760. The molecule has 2 amide bonds. The zero-order valence-electron chi connectivity index (χ0n) is 11.4. The highest BCUT2D eigenvalue weighted by Gasteiger charge is 2.33. The number of carbonyl (C=O) groups excluding carboxylic acids is 1. The van der Waals surface area contributed by atoms with Crippen molar-refractivity contribution < 1.29 is 9.90 Å². The first-order chi connectivity index (χ1) is 8.87. The number of nitrogens with two attached hydrogens (primary N) is 1. The van der Waals surface area contributed by atoms with Gasteiger partial charge in [0.05, 0.1) is 12.1 Å². The molecule has 1 fully saturated rings. The van der Waals surface area contributed by atoms with Gasteiger partial charge in [-0.1, -0.05) is 12.1 Å². The fourth-order valence-corrected chi connectivity index (χ4v) is 2.19. The number of β-amino-alcohol motifs (C(OH)–C–C–N with tert-alkyl or cyclic N) is 1. The number of carbonyl (C=O) groups is 1. The molecule has 0 radical (unpaired) electrons. The van der Waals surface area contributed by atoms with E-state index in [-0.39, 0.29) is 12.1 Å². The van der Waals surface area contributed by atoms with Crippen molar-refractivity contribution in [3.05, 3.63) is 29.8 Å². The number of hydrogen-bond acceptors (Lipinski definition) is 3. The Labute approximate surface area is 113 Å². The molecule has 0 bridgehead atoms. The highest BCUT2D eigenvalue weighted by atomic mass is 16.3. The van der Waals surface area contributed by atoms with Crippen molar-refractivity contribution in [3.63, 3.8) is 0 Å². The van der Waals surface area contributed by atoms with Crippen molar-refractivity contribution in [2.24, 2.45) is 5.73 Å².